The van der Waals surface area contributed by atoms with E-state index < -0.39 is 82.2 Å². The average molecular weight is 498 g/mol. The summed E-state index contributed by atoms with van der Waals surface area (Å²) in [4.78, 5) is 22.4. The highest BCUT2D eigenvalue weighted by Crippen LogP contribution is 2.56. The summed E-state index contributed by atoms with van der Waals surface area (Å²) in [5.41, 5.74) is -25.3. The van der Waals surface area contributed by atoms with Crippen LogP contribution in [0.4, 0.5) is 52.7 Å². The van der Waals surface area contributed by atoms with Crippen LogP contribution in [0.15, 0.2) is 12.1 Å². The van der Waals surface area contributed by atoms with E-state index in [9.17, 15) is 72.5 Å². The molecular weight excluding hydrogens is 492 g/mol. The maximum absolute atomic E-state index is 13.2. The van der Waals surface area contributed by atoms with E-state index in [-0.39, 0.29) is 0 Å². The van der Waals surface area contributed by atoms with Crippen molar-refractivity contribution in [3.05, 3.63) is 34.4 Å². The minimum Gasteiger partial charge on any atom is -0.478 e. The van der Waals surface area contributed by atoms with E-state index in [4.69, 9.17) is 10.2 Å². The summed E-state index contributed by atoms with van der Waals surface area (Å²) in [5, 5.41) is 36.5. The molecule has 0 bridgehead atoms. The van der Waals surface area contributed by atoms with Gasteiger partial charge in [0.05, 0.1) is 11.1 Å². The second-order valence-corrected chi connectivity index (χ2v) is 5.93. The first-order valence-electron chi connectivity index (χ1n) is 7.23. The first kappa shape index (κ1) is 27.3. The summed E-state index contributed by atoms with van der Waals surface area (Å²) in [6, 6.07) is -1.48. The van der Waals surface area contributed by atoms with Crippen molar-refractivity contribution in [3.8, 4) is 0 Å². The molecule has 0 unspecified atom stereocenters. The molecule has 182 valence electrons. The molecule has 0 saturated carbocycles. The Kier molecular flexibility index (Phi) is 6.30. The van der Waals surface area contributed by atoms with E-state index in [2.05, 4.69) is 0 Å². The quantitative estimate of drug-likeness (QED) is 0.471. The van der Waals surface area contributed by atoms with Crippen molar-refractivity contribution in [1.29, 1.82) is 0 Å². The van der Waals surface area contributed by atoms with E-state index in [1.54, 1.807) is 0 Å². The molecule has 1 rings (SSSR count). The number of hydrogen-bond donors (Lipinski definition) is 4. The average Bonchev–Trinajstić information content (AvgIpc) is 2.54. The summed E-state index contributed by atoms with van der Waals surface area (Å²) in [6.07, 6.45) is -28.2. The fourth-order valence-electron chi connectivity index (χ4n) is 2.59. The number of hydrogen-bond acceptors (Lipinski definition) is 4. The molecule has 0 atom stereocenters. The van der Waals surface area contributed by atoms with E-state index in [0.717, 1.165) is 0 Å². The van der Waals surface area contributed by atoms with Crippen molar-refractivity contribution in [2.75, 3.05) is 0 Å². The highest BCUT2D eigenvalue weighted by atomic mass is 19.4. The zero-order valence-electron chi connectivity index (χ0n) is 14.3. The van der Waals surface area contributed by atoms with Gasteiger partial charge < -0.3 is 20.4 Å². The summed E-state index contributed by atoms with van der Waals surface area (Å²) in [7, 11) is 0. The van der Waals surface area contributed by atoms with Crippen LogP contribution >= 0.6 is 0 Å². The van der Waals surface area contributed by atoms with Gasteiger partial charge in [0.15, 0.2) is 0 Å². The van der Waals surface area contributed by atoms with Crippen molar-refractivity contribution in [2.24, 2.45) is 0 Å². The molecule has 0 aliphatic heterocycles. The largest absolute Gasteiger partial charge is 0.478 e. The molecule has 0 aromatic heterocycles. The fourth-order valence-corrected chi connectivity index (χ4v) is 2.59. The Bertz CT molecular complexity index is 896. The van der Waals surface area contributed by atoms with Crippen LogP contribution in [-0.2, 0) is 11.2 Å². The number of rotatable bonds is 4. The number of halogens is 12. The van der Waals surface area contributed by atoms with Crippen LogP contribution < -0.4 is 0 Å². The van der Waals surface area contributed by atoms with Crippen molar-refractivity contribution in [2.45, 2.75) is 35.9 Å². The van der Waals surface area contributed by atoms with Crippen molar-refractivity contribution >= 4 is 11.9 Å². The molecule has 0 heterocycles. The second kappa shape index (κ2) is 7.39. The number of benzene rings is 1. The van der Waals surface area contributed by atoms with Gasteiger partial charge in [-0.1, -0.05) is 6.07 Å². The molecule has 0 aliphatic rings. The molecule has 6 nitrogen and oxygen atoms in total. The number of aliphatic hydroxyl groups is 2. The van der Waals surface area contributed by atoms with E-state index in [0.29, 0.717) is 0 Å². The van der Waals surface area contributed by atoms with E-state index >= 15 is 0 Å². The van der Waals surface area contributed by atoms with Crippen molar-refractivity contribution in [3.63, 3.8) is 0 Å². The fraction of sp³-hybridized carbons (Fsp3) is 0.429. The van der Waals surface area contributed by atoms with Gasteiger partial charge in [0.25, 0.3) is 11.2 Å². The maximum atomic E-state index is 13.2. The zero-order valence-corrected chi connectivity index (χ0v) is 14.3. The summed E-state index contributed by atoms with van der Waals surface area (Å²) < 4.78 is 158. The lowest BCUT2D eigenvalue weighted by Gasteiger charge is -2.37. The van der Waals surface area contributed by atoms with Crippen molar-refractivity contribution in [1.82, 2.24) is 0 Å². The lowest BCUT2D eigenvalue weighted by molar-refractivity contribution is -0.378. The number of carboxylic acid groups (broad SMARTS) is 2. The van der Waals surface area contributed by atoms with Crippen LogP contribution in [0, 0.1) is 0 Å². The van der Waals surface area contributed by atoms with Gasteiger partial charge in [0.2, 0.25) is 0 Å². The molecule has 1 aromatic rings. The third-order valence-electron chi connectivity index (χ3n) is 4.04. The lowest BCUT2D eigenvalue weighted by Crippen LogP contribution is -2.57. The van der Waals surface area contributed by atoms with Gasteiger partial charge >= 0.3 is 36.6 Å². The number of carboxylic acids is 2. The van der Waals surface area contributed by atoms with Gasteiger partial charge in [-0.25, -0.2) is 9.59 Å². The number of aromatic carboxylic acids is 2. The first-order valence-corrected chi connectivity index (χ1v) is 7.23. The van der Waals surface area contributed by atoms with Gasteiger partial charge in [-0.3, -0.25) is 0 Å². The lowest BCUT2D eigenvalue weighted by atomic mass is 9.78. The molecule has 0 radical (unpaired) electrons. The monoisotopic (exact) mass is 498 g/mol. The van der Waals surface area contributed by atoms with Crippen LogP contribution in [0.25, 0.3) is 0 Å². The Morgan fingerprint density at radius 3 is 1.19 bits per heavy atom. The standard InChI is InChI=1S/C14H6F12O6/c15-11(16,17)9(31,12(18,19)20)4-2-1-3(7(27)28)6(5(4)8(29)30)10(32,13(21,22)23)14(24,25)26/h1-2,31-32H,(H,27,28)(H,29,30). The highest BCUT2D eigenvalue weighted by Gasteiger charge is 2.76. The Balaban J connectivity index is 4.56. The molecule has 18 heteroatoms. The topological polar surface area (TPSA) is 115 Å². The van der Waals surface area contributed by atoms with Crippen LogP contribution in [0.3, 0.4) is 0 Å². The molecule has 1 aromatic carbocycles. The summed E-state index contributed by atoms with van der Waals surface area (Å²) >= 11 is 0. The summed E-state index contributed by atoms with van der Waals surface area (Å²) in [5.74, 6) is -6.29. The number of alkyl halides is 12. The van der Waals surface area contributed by atoms with E-state index in [1.807, 2.05) is 0 Å². The predicted octanol–water partition coefficient (Wildman–Crippen LogP) is 3.71. The smallest absolute Gasteiger partial charge is 0.430 e. The normalized spacial score (nSPS) is 14.4. The Labute approximate surface area is 166 Å². The minimum atomic E-state index is -7.12. The molecule has 32 heavy (non-hydrogen) atoms. The van der Waals surface area contributed by atoms with Gasteiger partial charge in [0, 0.05) is 11.1 Å². The Morgan fingerprint density at radius 1 is 0.594 bits per heavy atom. The van der Waals surface area contributed by atoms with Gasteiger partial charge in [-0.2, -0.15) is 52.7 Å². The molecule has 0 fully saturated rings. The first-order chi connectivity index (χ1) is 13.9. The molecular formula is C14H6F12O6. The van der Waals surface area contributed by atoms with Gasteiger partial charge in [-0.05, 0) is 6.07 Å². The van der Waals surface area contributed by atoms with Crippen LogP contribution in [-0.4, -0.2) is 57.1 Å². The SMILES string of the molecule is O=C(O)c1ccc(C(O)(C(F)(F)F)C(F)(F)F)c(C(=O)O)c1C(O)(C(F)(F)F)C(F)(F)F. The Hall–Kier alpha value is -2.76. The van der Waals surface area contributed by atoms with Gasteiger partial charge in [0.1, 0.15) is 0 Å². The summed E-state index contributed by atoms with van der Waals surface area (Å²) in [6.45, 7) is 0. The number of carbonyl (C=O) groups is 2. The van der Waals surface area contributed by atoms with Gasteiger partial charge in [-0.15, -0.1) is 0 Å². The van der Waals surface area contributed by atoms with Crippen LogP contribution in [0.2, 0.25) is 0 Å². The molecule has 0 aliphatic carbocycles. The molecule has 0 amide bonds. The highest BCUT2D eigenvalue weighted by molar-refractivity contribution is 5.99. The van der Waals surface area contributed by atoms with Crippen LogP contribution in [0.5, 0.6) is 0 Å². The Morgan fingerprint density at radius 2 is 0.938 bits per heavy atom. The predicted molar refractivity (Wildman–Crippen MR) is 72.4 cm³/mol. The third-order valence-corrected chi connectivity index (χ3v) is 4.04. The third kappa shape index (κ3) is 3.80. The molecule has 0 spiro atoms. The molecule has 4 N–H and O–H groups in total. The zero-order chi connectivity index (χ0) is 25.9. The maximum Gasteiger partial charge on any atom is 0.430 e. The van der Waals surface area contributed by atoms with E-state index in [1.165, 1.54) is 0 Å². The molecule has 0 saturated heterocycles. The second-order valence-electron chi connectivity index (χ2n) is 5.93. The van der Waals surface area contributed by atoms with Crippen LogP contribution in [0.1, 0.15) is 31.8 Å². The van der Waals surface area contributed by atoms with Crippen molar-refractivity contribution < 1.29 is 82.7 Å². The minimum absolute atomic E-state index is 0.690.